The zero-order valence-corrected chi connectivity index (χ0v) is 14.3. The van der Waals surface area contributed by atoms with Gasteiger partial charge in [-0.1, -0.05) is 47.2 Å². The fraction of sp³-hybridized carbons (Fsp3) is 0.263. The first-order valence-electron chi connectivity index (χ1n) is 7.97. The van der Waals surface area contributed by atoms with E-state index in [4.69, 9.17) is 4.74 Å². The van der Waals surface area contributed by atoms with Crippen LogP contribution in [0.15, 0.2) is 48.5 Å². The summed E-state index contributed by atoms with van der Waals surface area (Å²) in [6.07, 6.45) is 0. The van der Waals surface area contributed by atoms with Crippen molar-refractivity contribution >= 4 is 22.8 Å². The summed E-state index contributed by atoms with van der Waals surface area (Å²) in [5, 5.41) is 8.39. The second-order valence-electron chi connectivity index (χ2n) is 5.99. The standard InChI is InChI=1S/C19H19N3O3/c1-12-7-6-8-14(11-12)18(17(13(2)23)19(24)25-3)22-16-10-5-4-9-15(16)20-21-22/h4-11,17-18H,1-3H3. The van der Waals surface area contributed by atoms with Crippen LogP contribution in [0.1, 0.15) is 24.1 Å². The first-order chi connectivity index (χ1) is 12.0. The number of ketones is 1. The lowest BCUT2D eigenvalue weighted by Crippen LogP contribution is -2.34. The molecule has 0 aliphatic carbocycles. The highest BCUT2D eigenvalue weighted by atomic mass is 16.5. The molecule has 0 saturated carbocycles. The number of aryl methyl sites for hydroxylation is 1. The molecule has 0 spiro atoms. The molecule has 0 amide bonds. The van der Waals surface area contributed by atoms with Crippen molar-refractivity contribution in [3.05, 3.63) is 59.7 Å². The first-order valence-corrected chi connectivity index (χ1v) is 7.97. The molecule has 1 heterocycles. The highest BCUT2D eigenvalue weighted by molar-refractivity contribution is 5.99. The molecule has 3 aromatic rings. The quantitative estimate of drug-likeness (QED) is 0.529. The number of hydrogen-bond donors (Lipinski definition) is 0. The van der Waals surface area contributed by atoms with Crippen LogP contribution in [-0.4, -0.2) is 33.9 Å². The maximum atomic E-state index is 12.4. The van der Waals surface area contributed by atoms with Crippen molar-refractivity contribution in [3.63, 3.8) is 0 Å². The van der Waals surface area contributed by atoms with Crippen LogP contribution in [0.3, 0.4) is 0 Å². The fourth-order valence-electron chi connectivity index (χ4n) is 3.07. The number of benzene rings is 2. The molecule has 2 aromatic carbocycles. The van der Waals surface area contributed by atoms with Gasteiger partial charge >= 0.3 is 5.97 Å². The third kappa shape index (κ3) is 3.15. The Labute approximate surface area is 145 Å². The van der Waals surface area contributed by atoms with Crippen LogP contribution >= 0.6 is 0 Å². The topological polar surface area (TPSA) is 74.1 Å². The van der Waals surface area contributed by atoms with E-state index in [1.54, 1.807) is 4.68 Å². The van der Waals surface area contributed by atoms with E-state index in [2.05, 4.69) is 10.3 Å². The molecule has 2 unspecified atom stereocenters. The molecule has 0 aliphatic heterocycles. The number of carbonyl (C=O) groups excluding carboxylic acids is 2. The maximum absolute atomic E-state index is 12.4. The Morgan fingerprint density at radius 1 is 1.12 bits per heavy atom. The second-order valence-corrected chi connectivity index (χ2v) is 5.99. The summed E-state index contributed by atoms with van der Waals surface area (Å²) in [5.41, 5.74) is 3.29. The average molecular weight is 337 g/mol. The van der Waals surface area contributed by atoms with Gasteiger partial charge in [0.2, 0.25) is 0 Å². The lowest BCUT2D eigenvalue weighted by atomic mass is 9.89. The largest absolute Gasteiger partial charge is 0.468 e. The van der Waals surface area contributed by atoms with Gasteiger partial charge in [-0.2, -0.15) is 0 Å². The number of para-hydroxylation sites is 1. The van der Waals surface area contributed by atoms with Crippen molar-refractivity contribution in [3.8, 4) is 0 Å². The number of esters is 1. The van der Waals surface area contributed by atoms with E-state index in [1.165, 1.54) is 14.0 Å². The Hall–Kier alpha value is -3.02. The summed E-state index contributed by atoms with van der Waals surface area (Å²) >= 11 is 0. The van der Waals surface area contributed by atoms with Gasteiger partial charge in [0.15, 0.2) is 0 Å². The third-order valence-electron chi connectivity index (χ3n) is 4.23. The molecule has 0 saturated heterocycles. The van der Waals surface area contributed by atoms with Crippen molar-refractivity contribution in [1.29, 1.82) is 0 Å². The molecule has 0 bridgehead atoms. The van der Waals surface area contributed by atoms with Crippen LogP contribution in [0.4, 0.5) is 0 Å². The van der Waals surface area contributed by atoms with Crippen LogP contribution in [0.5, 0.6) is 0 Å². The van der Waals surface area contributed by atoms with Gasteiger partial charge in [0.25, 0.3) is 0 Å². The number of nitrogens with zero attached hydrogens (tertiary/aromatic N) is 3. The maximum Gasteiger partial charge on any atom is 0.318 e. The smallest absolute Gasteiger partial charge is 0.318 e. The van der Waals surface area contributed by atoms with Gasteiger partial charge in [-0.05, 0) is 31.5 Å². The zero-order valence-electron chi connectivity index (χ0n) is 14.3. The summed E-state index contributed by atoms with van der Waals surface area (Å²) in [6.45, 7) is 3.35. The van der Waals surface area contributed by atoms with Gasteiger partial charge in [0.05, 0.1) is 18.7 Å². The highest BCUT2D eigenvalue weighted by Gasteiger charge is 2.37. The van der Waals surface area contributed by atoms with E-state index < -0.39 is 17.9 Å². The van der Waals surface area contributed by atoms with Gasteiger partial charge in [-0.15, -0.1) is 5.10 Å². The first kappa shape index (κ1) is 16.8. The Balaban J connectivity index is 2.25. The number of ether oxygens (including phenoxy) is 1. The van der Waals surface area contributed by atoms with E-state index >= 15 is 0 Å². The number of aromatic nitrogens is 3. The lowest BCUT2D eigenvalue weighted by Gasteiger charge is -2.24. The van der Waals surface area contributed by atoms with Crippen molar-refractivity contribution < 1.29 is 14.3 Å². The monoisotopic (exact) mass is 337 g/mol. The molecule has 2 atom stereocenters. The third-order valence-corrected chi connectivity index (χ3v) is 4.23. The molecule has 0 fully saturated rings. The van der Waals surface area contributed by atoms with Crippen LogP contribution in [-0.2, 0) is 14.3 Å². The van der Waals surface area contributed by atoms with Crippen LogP contribution in [0, 0.1) is 12.8 Å². The molecular weight excluding hydrogens is 318 g/mol. The Kier molecular flexibility index (Phi) is 4.61. The molecule has 25 heavy (non-hydrogen) atoms. The van der Waals surface area contributed by atoms with E-state index in [9.17, 15) is 9.59 Å². The molecule has 0 radical (unpaired) electrons. The number of Topliss-reactive ketones (excluding diaryl/α,β-unsaturated/α-hetero) is 1. The molecule has 0 aliphatic rings. The minimum atomic E-state index is -1.00. The summed E-state index contributed by atoms with van der Waals surface area (Å²) in [4.78, 5) is 24.7. The number of rotatable bonds is 5. The van der Waals surface area contributed by atoms with E-state index in [0.29, 0.717) is 5.52 Å². The van der Waals surface area contributed by atoms with Crippen LogP contribution in [0.2, 0.25) is 0 Å². The van der Waals surface area contributed by atoms with E-state index in [-0.39, 0.29) is 5.78 Å². The molecule has 6 nitrogen and oxygen atoms in total. The minimum absolute atomic E-state index is 0.280. The van der Waals surface area contributed by atoms with Crippen molar-refractivity contribution in [1.82, 2.24) is 15.0 Å². The van der Waals surface area contributed by atoms with Gasteiger partial charge in [0, 0.05) is 0 Å². The van der Waals surface area contributed by atoms with E-state index in [1.807, 2.05) is 55.5 Å². The van der Waals surface area contributed by atoms with Gasteiger partial charge < -0.3 is 4.74 Å². The Morgan fingerprint density at radius 3 is 2.56 bits per heavy atom. The number of methoxy groups -OCH3 is 1. The molecular formula is C19H19N3O3. The molecule has 1 aromatic heterocycles. The number of carbonyl (C=O) groups is 2. The minimum Gasteiger partial charge on any atom is -0.468 e. The predicted octanol–water partition coefficient (Wildman–Crippen LogP) is 2.71. The second kappa shape index (κ2) is 6.84. The van der Waals surface area contributed by atoms with Crippen LogP contribution < -0.4 is 0 Å². The van der Waals surface area contributed by atoms with E-state index in [0.717, 1.165) is 16.6 Å². The van der Waals surface area contributed by atoms with Gasteiger partial charge in [-0.25, -0.2) is 4.68 Å². The molecule has 128 valence electrons. The van der Waals surface area contributed by atoms with Gasteiger partial charge in [0.1, 0.15) is 17.2 Å². The van der Waals surface area contributed by atoms with Crippen molar-refractivity contribution in [2.24, 2.45) is 5.92 Å². The Morgan fingerprint density at radius 2 is 1.88 bits per heavy atom. The predicted molar refractivity (Wildman–Crippen MR) is 93.0 cm³/mol. The Bertz CT molecular complexity index is 932. The molecule has 0 N–H and O–H groups in total. The lowest BCUT2D eigenvalue weighted by molar-refractivity contribution is -0.150. The molecule has 3 rings (SSSR count). The highest BCUT2D eigenvalue weighted by Crippen LogP contribution is 2.31. The average Bonchev–Trinajstić information content (AvgIpc) is 3.02. The van der Waals surface area contributed by atoms with Crippen molar-refractivity contribution in [2.45, 2.75) is 19.9 Å². The summed E-state index contributed by atoms with van der Waals surface area (Å²) in [6, 6.07) is 14.5. The molecule has 6 heteroatoms. The summed E-state index contributed by atoms with van der Waals surface area (Å²) in [5.74, 6) is -1.87. The number of fused-ring (bicyclic) bond motifs is 1. The van der Waals surface area contributed by atoms with Gasteiger partial charge in [-0.3, -0.25) is 9.59 Å². The SMILES string of the molecule is COC(=O)C(C(C)=O)C(c1cccc(C)c1)n1nnc2ccccc21. The van der Waals surface area contributed by atoms with Crippen molar-refractivity contribution in [2.75, 3.05) is 7.11 Å². The normalized spacial score (nSPS) is 13.4. The number of hydrogen-bond acceptors (Lipinski definition) is 5. The zero-order chi connectivity index (χ0) is 18.0. The summed E-state index contributed by atoms with van der Waals surface area (Å²) < 4.78 is 6.53. The fourth-order valence-corrected chi connectivity index (χ4v) is 3.07. The summed E-state index contributed by atoms with van der Waals surface area (Å²) in [7, 11) is 1.28. The van der Waals surface area contributed by atoms with Crippen LogP contribution in [0.25, 0.3) is 11.0 Å².